The third-order valence-corrected chi connectivity index (χ3v) is 3.36. The van der Waals surface area contributed by atoms with Crippen LogP contribution >= 0.6 is 0 Å². The van der Waals surface area contributed by atoms with E-state index in [9.17, 15) is 5.11 Å². The Morgan fingerprint density at radius 2 is 1.88 bits per heavy atom. The lowest BCUT2D eigenvalue weighted by molar-refractivity contribution is -0.0944. The number of methoxy groups -OCH3 is 1. The summed E-state index contributed by atoms with van der Waals surface area (Å²) in [5.74, 6) is 0.800. The van der Waals surface area contributed by atoms with Crippen LogP contribution in [-0.4, -0.2) is 24.4 Å². The predicted molar refractivity (Wildman–Crippen MR) is 66.1 cm³/mol. The summed E-state index contributed by atoms with van der Waals surface area (Å²) in [7, 11) is 1.63. The lowest BCUT2D eigenvalue weighted by atomic mass is 9.95. The molecular weight excluding hydrogens is 216 g/mol. The van der Waals surface area contributed by atoms with Gasteiger partial charge in [0, 0.05) is 0 Å². The van der Waals surface area contributed by atoms with E-state index in [4.69, 9.17) is 9.47 Å². The highest BCUT2D eigenvalue weighted by Gasteiger charge is 2.25. The maximum absolute atomic E-state index is 10.2. The number of rotatable bonds is 5. The number of hydrogen-bond acceptors (Lipinski definition) is 3. The summed E-state index contributed by atoms with van der Waals surface area (Å²) in [4.78, 5) is 0. The molecule has 0 amide bonds. The second-order valence-corrected chi connectivity index (χ2v) is 4.61. The summed E-state index contributed by atoms with van der Waals surface area (Å²) in [5.41, 5.74) is 0.873. The van der Waals surface area contributed by atoms with Crippen molar-refractivity contribution in [2.24, 2.45) is 0 Å². The van der Waals surface area contributed by atoms with E-state index in [0.717, 1.165) is 24.2 Å². The van der Waals surface area contributed by atoms with Crippen molar-refractivity contribution >= 4 is 0 Å². The van der Waals surface area contributed by atoms with E-state index in [0.29, 0.717) is 6.10 Å². The Hall–Kier alpha value is -1.06. The minimum absolute atomic E-state index is 0.159. The van der Waals surface area contributed by atoms with Crippen LogP contribution in [0.4, 0.5) is 0 Å². The van der Waals surface area contributed by atoms with Gasteiger partial charge in [-0.05, 0) is 43.9 Å². The van der Waals surface area contributed by atoms with Gasteiger partial charge in [-0.3, -0.25) is 0 Å². The molecule has 1 aromatic rings. The van der Waals surface area contributed by atoms with Gasteiger partial charge in [-0.25, -0.2) is 0 Å². The zero-order valence-corrected chi connectivity index (χ0v) is 10.4. The van der Waals surface area contributed by atoms with Crippen LogP contribution in [0.25, 0.3) is 0 Å². The van der Waals surface area contributed by atoms with Gasteiger partial charge in [0.15, 0.2) is 0 Å². The molecule has 3 heteroatoms. The molecule has 0 bridgehead atoms. The van der Waals surface area contributed by atoms with Gasteiger partial charge in [0.2, 0.25) is 0 Å². The van der Waals surface area contributed by atoms with E-state index in [1.165, 1.54) is 6.42 Å². The summed E-state index contributed by atoms with van der Waals surface area (Å²) < 4.78 is 10.9. The highest BCUT2D eigenvalue weighted by molar-refractivity contribution is 5.28. The van der Waals surface area contributed by atoms with Crippen LogP contribution in [0.1, 0.15) is 37.9 Å². The van der Waals surface area contributed by atoms with Crippen molar-refractivity contribution in [1.82, 2.24) is 0 Å². The van der Waals surface area contributed by atoms with Crippen molar-refractivity contribution in [3.05, 3.63) is 29.8 Å². The van der Waals surface area contributed by atoms with Gasteiger partial charge in [0.1, 0.15) is 11.9 Å². The molecule has 2 unspecified atom stereocenters. The van der Waals surface area contributed by atoms with Gasteiger partial charge in [-0.15, -0.1) is 0 Å². The third kappa shape index (κ3) is 2.99. The summed E-state index contributed by atoms with van der Waals surface area (Å²) in [5, 5.41) is 10.2. The molecule has 1 saturated carbocycles. The molecule has 0 heterocycles. The molecule has 17 heavy (non-hydrogen) atoms. The first-order valence-electron chi connectivity index (χ1n) is 6.18. The monoisotopic (exact) mass is 236 g/mol. The largest absolute Gasteiger partial charge is 0.497 e. The van der Waals surface area contributed by atoms with Crippen LogP contribution < -0.4 is 4.74 Å². The number of ether oxygens (including phenoxy) is 2. The molecular formula is C14H20O3. The average molecular weight is 236 g/mol. The molecule has 0 aromatic heterocycles. The van der Waals surface area contributed by atoms with Crippen molar-refractivity contribution in [3.8, 4) is 5.75 Å². The molecule has 3 nitrogen and oxygen atoms in total. The Balaban J connectivity index is 1.94. The van der Waals surface area contributed by atoms with E-state index in [2.05, 4.69) is 0 Å². The molecule has 0 saturated heterocycles. The van der Waals surface area contributed by atoms with Crippen LogP contribution in [0.15, 0.2) is 24.3 Å². The molecule has 0 spiro atoms. The lowest BCUT2D eigenvalue weighted by Gasteiger charge is -2.31. The average Bonchev–Trinajstić information content (AvgIpc) is 2.32. The molecule has 94 valence electrons. The predicted octanol–water partition coefficient (Wildman–Crippen LogP) is 2.69. The minimum atomic E-state index is -0.568. The van der Waals surface area contributed by atoms with Crippen molar-refractivity contribution < 1.29 is 14.6 Å². The normalized spacial score (nSPS) is 19.5. The molecule has 1 aliphatic rings. The van der Waals surface area contributed by atoms with E-state index in [1.807, 2.05) is 31.2 Å². The molecule has 2 rings (SSSR count). The first-order chi connectivity index (χ1) is 8.20. The van der Waals surface area contributed by atoms with E-state index in [1.54, 1.807) is 7.11 Å². The van der Waals surface area contributed by atoms with Gasteiger partial charge in [-0.2, -0.15) is 0 Å². The standard InChI is InChI=1S/C14H20O3/c1-10(17-13-4-3-5-13)14(15)11-6-8-12(16-2)9-7-11/h6-10,13-15H,3-5H2,1-2H3. The molecule has 0 aliphatic heterocycles. The van der Waals surface area contributed by atoms with E-state index in [-0.39, 0.29) is 6.10 Å². The van der Waals surface area contributed by atoms with Crippen molar-refractivity contribution in [2.75, 3.05) is 7.11 Å². The smallest absolute Gasteiger partial charge is 0.118 e. The Morgan fingerprint density at radius 3 is 2.35 bits per heavy atom. The summed E-state index contributed by atoms with van der Waals surface area (Å²) in [6, 6.07) is 7.47. The minimum Gasteiger partial charge on any atom is -0.497 e. The van der Waals surface area contributed by atoms with Crippen molar-refractivity contribution in [3.63, 3.8) is 0 Å². The fourth-order valence-corrected chi connectivity index (χ4v) is 1.96. The zero-order chi connectivity index (χ0) is 12.3. The van der Waals surface area contributed by atoms with Crippen LogP contribution in [0.2, 0.25) is 0 Å². The molecule has 2 atom stereocenters. The molecule has 1 N–H and O–H groups in total. The van der Waals surface area contributed by atoms with Crippen LogP contribution in [0.3, 0.4) is 0 Å². The van der Waals surface area contributed by atoms with Crippen molar-refractivity contribution in [1.29, 1.82) is 0 Å². The Labute approximate surface area is 102 Å². The van der Waals surface area contributed by atoms with E-state index >= 15 is 0 Å². The molecule has 1 fully saturated rings. The van der Waals surface area contributed by atoms with Crippen LogP contribution in [0.5, 0.6) is 5.75 Å². The molecule has 1 aromatic carbocycles. The van der Waals surface area contributed by atoms with Gasteiger partial charge in [0.25, 0.3) is 0 Å². The topological polar surface area (TPSA) is 38.7 Å². The first kappa shape index (κ1) is 12.4. The number of aliphatic hydroxyl groups is 1. The molecule has 1 aliphatic carbocycles. The number of benzene rings is 1. The first-order valence-corrected chi connectivity index (χ1v) is 6.18. The van der Waals surface area contributed by atoms with Crippen LogP contribution in [0, 0.1) is 0 Å². The van der Waals surface area contributed by atoms with Gasteiger partial charge >= 0.3 is 0 Å². The van der Waals surface area contributed by atoms with Gasteiger partial charge in [-0.1, -0.05) is 12.1 Å². The van der Waals surface area contributed by atoms with Crippen molar-refractivity contribution in [2.45, 2.75) is 44.5 Å². The Kier molecular flexibility index (Phi) is 4.02. The quantitative estimate of drug-likeness (QED) is 0.854. The lowest BCUT2D eigenvalue weighted by Crippen LogP contribution is -2.29. The maximum atomic E-state index is 10.2. The summed E-state index contributed by atoms with van der Waals surface area (Å²) >= 11 is 0. The summed E-state index contributed by atoms with van der Waals surface area (Å²) in [6.07, 6.45) is 3.11. The SMILES string of the molecule is COc1ccc(C(O)C(C)OC2CCC2)cc1. The van der Waals surface area contributed by atoms with Gasteiger partial charge < -0.3 is 14.6 Å². The highest BCUT2D eigenvalue weighted by atomic mass is 16.5. The second kappa shape index (κ2) is 5.52. The molecule has 0 radical (unpaired) electrons. The van der Waals surface area contributed by atoms with Gasteiger partial charge in [0.05, 0.1) is 19.3 Å². The fourth-order valence-electron chi connectivity index (χ4n) is 1.96. The number of aliphatic hydroxyl groups excluding tert-OH is 1. The summed E-state index contributed by atoms with van der Waals surface area (Å²) in [6.45, 7) is 1.92. The second-order valence-electron chi connectivity index (χ2n) is 4.61. The van der Waals surface area contributed by atoms with E-state index < -0.39 is 6.10 Å². The zero-order valence-electron chi connectivity index (χ0n) is 10.4. The van der Waals surface area contributed by atoms with Crippen LogP contribution in [-0.2, 0) is 4.74 Å². The Bertz CT molecular complexity index is 343. The Morgan fingerprint density at radius 1 is 1.24 bits per heavy atom. The fraction of sp³-hybridized carbons (Fsp3) is 0.571. The third-order valence-electron chi connectivity index (χ3n) is 3.36. The highest BCUT2D eigenvalue weighted by Crippen LogP contribution is 2.28. The maximum Gasteiger partial charge on any atom is 0.118 e. The number of hydrogen-bond donors (Lipinski definition) is 1.